The molecule has 1 atom stereocenters. The summed E-state index contributed by atoms with van der Waals surface area (Å²) in [6.45, 7) is 2.57. The molecule has 5 nitrogen and oxygen atoms in total. The number of likely N-dealkylation sites (N-methyl/N-ethyl adjacent to an activating group) is 1. The summed E-state index contributed by atoms with van der Waals surface area (Å²) >= 11 is 0. The lowest BCUT2D eigenvalue weighted by Crippen LogP contribution is -2.48. The quantitative estimate of drug-likeness (QED) is 0.600. The van der Waals surface area contributed by atoms with Crippen molar-refractivity contribution in [2.75, 3.05) is 26.7 Å². The van der Waals surface area contributed by atoms with Crippen molar-refractivity contribution in [3.05, 3.63) is 0 Å². The monoisotopic (exact) mass is 186 g/mol. The van der Waals surface area contributed by atoms with Crippen molar-refractivity contribution in [2.45, 2.75) is 13.0 Å². The third-order valence-corrected chi connectivity index (χ3v) is 1.92. The van der Waals surface area contributed by atoms with Crippen molar-refractivity contribution in [1.29, 1.82) is 0 Å². The van der Waals surface area contributed by atoms with Crippen LogP contribution in [0.3, 0.4) is 0 Å². The van der Waals surface area contributed by atoms with E-state index in [2.05, 4.69) is 5.32 Å². The second-order valence-electron chi connectivity index (χ2n) is 3.14. The first kappa shape index (κ1) is 9.98. The molecule has 1 fully saturated rings. The van der Waals surface area contributed by atoms with Crippen LogP contribution < -0.4 is 5.32 Å². The predicted octanol–water partition coefficient (Wildman–Crippen LogP) is -1.02. The van der Waals surface area contributed by atoms with Gasteiger partial charge in [0.1, 0.15) is 6.61 Å². The third kappa shape index (κ3) is 3.02. The summed E-state index contributed by atoms with van der Waals surface area (Å²) in [4.78, 5) is 23.2. The van der Waals surface area contributed by atoms with Gasteiger partial charge in [0.15, 0.2) is 0 Å². The van der Waals surface area contributed by atoms with Crippen LogP contribution >= 0.6 is 0 Å². The summed E-state index contributed by atoms with van der Waals surface area (Å²) in [6, 6.07) is 0. The molecular formula is C8H14N2O3. The zero-order valence-corrected chi connectivity index (χ0v) is 7.87. The van der Waals surface area contributed by atoms with E-state index in [-0.39, 0.29) is 24.5 Å². The number of morpholine rings is 1. The van der Waals surface area contributed by atoms with E-state index in [4.69, 9.17) is 4.74 Å². The Hall–Kier alpha value is -1.10. The molecule has 0 saturated carbocycles. The number of nitrogens with one attached hydrogen (secondary N) is 1. The molecule has 0 radical (unpaired) electrons. The first-order valence-electron chi connectivity index (χ1n) is 4.19. The molecule has 0 aromatic rings. The van der Waals surface area contributed by atoms with Gasteiger partial charge in [-0.05, 0) is 0 Å². The maximum atomic E-state index is 11.0. The van der Waals surface area contributed by atoms with Crippen LogP contribution in [0.2, 0.25) is 0 Å². The lowest BCUT2D eigenvalue weighted by molar-refractivity contribution is -0.146. The van der Waals surface area contributed by atoms with Gasteiger partial charge in [-0.1, -0.05) is 0 Å². The Balaban J connectivity index is 2.29. The zero-order valence-electron chi connectivity index (χ0n) is 7.87. The molecule has 5 heteroatoms. The van der Waals surface area contributed by atoms with Crippen molar-refractivity contribution in [3.63, 3.8) is 0 Å². The minimum absolute atomic E-state index is 0.0147. The Morgan fingerprint density at radius 1 is 1.77 bits per heavy atom. The minimum Gasteiger partial charge on any atom is -0.365 e. The van der Waals surface area contributed by atoms with Gasteiger partial charge in [-0.25, -0.2) is 0 Å². The van der Waals surface area contributed by atoms with Gasteiger partial charge in [0.25, 0.3) is 0 Å². The van der Waals surface area contributed by atoms with Gasteiger partial charge in [-0.15, -0.1) is 0 Å². The first-order chi connectivity index (χ1) is 6.09. The average Bonchev–Trinajstić information content (AvgIpc) is 2.07. The summed E-state index contributed by atoms with van der Waals surface area (Å²) in [7, 11) is 1.73. The van der Waals surface area contributed by atoms with Gasteiger partial charge < -0.3 is 15.0 Å². The highest BCUT2D eigenvalue weighted by molar-refractivity contribution is 5.77. The number of amides is 2. The van der Waals surface area contributed by atoms with Crippen LogP contribution in [0.1, 0.15) is 6.92 Å². The standard InChI is InChI=1S/C8H14N2O3/c1-6(11)9-3-7-4-10(2)8(12)5-13-7/h7H,3-5H2,1-2H3,(H,9,11). The number of carbonyl (C=O) groups excluding carboxylic acids is 2. The van der Waals surface area contributed by atoms with E-state index in [9.17, 15) is 9.59 Å². The van der Waals surface area contributed by atoms with E-state index in [0.29, 0.717) is 13.1 Å². The second kappa shape index (κ2) is 4.23. The molecule has 0 aromatic heterocycles. The van der Waals surface area contributed by atoms with Crippen LogP contribution in [0, 0.1) is 0 Å². The van der Waals surface area contributed by atoms with Crippen molar-refractivity contribution in [1.82, 2.24) is 10.2 Å². The van der Waals surface area contributed by atoms with Gasteiger partial charge >= 0.3 is 0 Å². The molecule has 13 heavy (non-hydrogen) atoms. The molecule has 1 aliphatic heterocycles. The molecule has 0 aromatic carbocycles. The van der Waals surface area contributed by atoms with E-state index < -0.39 is 0 Å². The van der Waals surface area contributed by atoms with Crippen LogP contribution in [-0.4, -0.2) is 49.6 Å². The summed E-state index contributed by atoms with van der Waals surface area (Å²) in [5.41, 5.74) is 0. The fraction of sp³-hybridized carbons (Fsp3) is 0.750. The topological polar surface area (TPSA) is 58.6 Å². The highest BCUT2D eigenvalue weighted by Crippen LogP contribution is 2.02. The Morgan fingerprint density at radius 3 is 3.00 bits per heavy atom. The fourth-order valence-corrected chi connectivity index (χ4v) is 1.14. The van der Waals surface area contributed by atoms with E-state index in [0.717, 1.165) is 0 Å². The predicted molar refractivity (Wildman–Crippen MR) is 46.1 cm³/mol. The van der Waals surface area contributed by atoms with Crippen LogP contribution in [0.4, 0.5) is 0 Å². The maximum absolute atomic E-state index is 11.0. The summed E-state index contributed by atoms with van der Waals surface area (Å²) in [5, 5.41) is 2.65. The van der Waals surface area contributed by atoms with Crippen LogP contribution in [0.5, 0.6) is 0 Å². The molecule has 1 aliphatic rings. The smallest absolute Gasteiger partial charge is 0.248 e. The summed E-state index contributed by atoms with van der Waals surface area (Å²) in [5.74, 6) is -0.0952. The lowest BCUT2D eigenvalue weighted by Gasteiger charge is -2.29. The van der Waals surface area contributed by atoms with Crippen molar-refractivity contribution in [2.24, 2.45) is 0 Å². The van der Waals surface area contributed by atoms with Gasteiger partial charge in [-0.2, -0.15) is 0 Å². The van der Waals surface area contributed by atoms with Crippen LogP contribution in [-0.2, 0) is 14.3 Å². The number of ether oxygens (including phenoxy) is 1. The van der Waals surface area contributed by atoms with E-state index in [1.165, 1.54) is 6.92 Å². The largest absolute Gasteiger partial charge is 0.365 e. The van der Waals surface area contributed by atoms with Crippen molar-refractivity contribution >= 4 is 11.8 Å². The average molecular weight is 186 g/mol. The normalized spacial score (nSPS) is 23.1. The molecule has 0 aliphatic carbocycles. The molecule has 1 heterocycles. The van der Waals surface area contributed by atoms with Gasteiger partial charge in [0.05, 0.1) is 6.10 Å². The third-order valence-electron chi connectivity index (χ3n) is 1.92. The molecule has 1 N–H and O–H groups in total. The first-order valence-corrected chi connectivity index (χ1v) is 4.19. The van der Waals surface area contributed by atoms with E-state index in [1.54, 1.807) is 11.9 Å². The molecule has 0 bridgehead atoms. The Labute approximate surface area is 77.0 Å². The summed E-state index contributed by atoms with van der Waals surface area (Å²) < 4.78 is 5.21. The zero-order chi connectivity index (χ0) is 9.84. The van der Waals surface area contributed by atoms with Crippen molar-refractivity contribution in [3.8, 4) is 0 Å². The molecule has 2 amide bonds. The van der Waals surface area contributed by atoms with Crippen LogP contribution in [0.25, 0.3) is 0 Å². The van der Waals surface area contributed by atoms with Gasteiger partial charge in [0, 0.05) is 27.1 Å². The highest BCUT2D eigenvalue weighted by atomic mass is 16.5. The van der Waals surface area contributed by atoms with Crippen LogP contribution in [0.15, 0.2) is 0 Å². The molecule has 1 rings (SSSR count). The number of nitrogens with zero attached hydrogens (tertiary/aromatic N) is 1. The van der Waals surface area contributed by atoms with Gasteiger partial charge in [0.2, 0.25) is 11.8 Å². The molecule has 74 valence electrons. The highest BCUT2D eigenvalue weighted by Gasteiger charge is 2.23. The Morgan fingerprint density at radius 2 is 2.46 bits per heavy atom. The Bertz CT molecular complexity index is 217. The van der Waals surface area contributed by atoms with Crippen molar-refractivity contribution < 1.29 is 14.3 Å². The lowest BCUT2D eigenvalue weighted by atomic mass is 10.3. The number of rotatable bonds is 2. The SMILES string of the molecule is CC(=O)NCC1CN(C)C(=O)CO1. The second-order valence-corrected chi connectivity index (χ2v) is 3.14. The maximum Gasteiger partial charge on any atom is 0.248 e. The minimum atomic E-state index is -0.0804. The Kier molecular flexibility index (Phi) is 3.25. The van der Waals surface area contributed by atoms with E-state index >= 15 is 0 Å². The molecule has 1 unspecified atom stereocenters. The number of hydrogen-bond donors (Lipinski definition) is 1. The summed E-state index contributed by atoms with van der Waals surface area (Å²) in [6.07, 6.45) is -0.0772. The molecule has 1 saturated heterocycles. The van der Waals surface area contributed by atoms with Gasteiger partial charge in [-0.3, -0.25) is 9.59 Å². The number of hydrogen-bond acceptors (Lipinski definition) is 3. The number of carbonyl (C=O) groups is 2. The molecular weight excluding hydrogens is 172 g/mol. The van der Waals surface area contributed by atoms with E-state index in [1.807, 2.05) is 0 Å². The fourth-order valence-electron chi connectivity index (χ4n) is 1.14. The molecule has 0 spiro atoms.